The molecule has 0 saturated carbocycles. The molecule has 2 atom stereocenters. The van der Waals surface area contributed by atoms with Crippen LogP contribution in [0.15, 0.2) is 12.4 Å². The van der Waals surface area contributed by atoms with Gasteiger partial charge in [-0.1, -0.05) is 6.92 Å². The summed E-state index contributed by atoms with van der Waals surface area (Å²) in [5.74, 6) is 1.57. The Bertz CT molecular complexity index is 540. The number of anilines is 1. The second-order valence-corrected chi connectivity index (χ2v) is 6.05. The average molecular weight is 248 g/mol. The van der Waals surface area contributed by atoms with Gasteiger partial charge in [0.2, 0.25) is 0 Å². The number of nitrogens with two attached hydrogens (primary N) is 1. The highest BCUT2D eigenvalue weighted by atomic mass is 32.1. The van der Waals surface area contributed by atoms with Crippen molar-refractivity contribution in [3.8, 4) is 0 Å². The fourth-order valence-corrected chi connectivity index (χ4v) is 3.22. The van der Waals surface area contributed by atoms with Crippen LogP contribution in [0.25, 0.3) is 10.2 Å². The van der Waals surface area contributed by atoms with Gasteiger partial charge in [-0.3, -0.25) is 0 Å². The van der Waals surface area contributed by atoms with Gasteiger partial charge in [0.15, 0.2) is 0 Å². The predicted octanol–water partition coefficient (Wildman–Crippen LogP) is 1.78. The lowest BCUT2D eigenvalue weighted by atomic mass is 10.1. The van der Waals surface area contributed by atoms with E-state index in [0.29, 0.717) is 5.92 Å². The molecule has 17 heavy (non-hydrogen) atoms. The molecule has 3 heterocycles. The molecule has 0 bridgehead atoms. The average Bonchev–Trinajstić information content (AvgIpc) is 2.81. The van der Waals surface area contributed by atoms with Crippen molar-refractivity contribution in [2.24, 2.45) is 11.7 Å². The van der Waals surface area contributed by atoms with Crippen LogP contribution in [0.5, 0.6) is 0 Å². The minimum Gasteiger partial charge on any atom is -0.354 e. The molecule has 2 unspecified atom stereocenters. The van der Waals surface area contributed by atoms with Crippen molar-refractivity contribution in [2.75, 3.05) is 18.0 Å². The zero-order valence-electron chi connectivity index (χ0n) is 10.1. The molecule has 2 aromatic heterocycles. The van der Waals surface area contributed by atoms with Crippen molar-refractivity contribution in [3.05, 3.63) is 17.3 Å². The van der Waals surface area contributed by atoms with E-state index in [1.807, 2.05) is 0 Å². The summed E-state index contributed by atoms with van der Waals surface area (Å²) < 4.78 is 0. The van der Waals surface area contributed by atoms with Crippen molar-refractivity contribution in [1.82, 2.24) is 9.97 Å². The summed E-state index contributed by atoms with van der Waals surface area (Å²) in [6, 6.07) is 2.42. The summed E-state index contributed by atoms with van der Waals surface area (Å²) in [5.41, 5.74) is 6.07. The largest absolute Gasteiger partial charge is 0.354 e. The fraction of sp³-hybridized carbons (Fsp3) is 0.500. The zero-order chi connectivity index (χ0) is 12.0. The Morgan fingerprint density at radius 2 is 2.24 bits per heavy atom. The SMILES string of the molecule is Cc1cc2c(N3CC(C)C(N)C3)ncnc2s1. The molecular formula is C12H16N4S. The Morgan fingerprint density at radius 3 is 2.94 bits per heavy atom. The second-order valence-electron chi connectivity index (χ2n) is 4.82. The number of fused-ring (bicyclic) bond motifs is 1. The van der Waals surface area contributed by atoms with Crippen LogP contribution >= 0.6 is 11.3 Å². The van der Waals surface area contributed by atoms with Crippen LogP contribution in [0.3, 0.4) is 0 Å². The number of rotatable bonds is 1. The first-order chi connectivity index (χ1) is 8.15. The summed E-state index contributed by atoms with van der Waals surface area (Å²) in [5, 5.41) is 1.16. The minimum atomic E-state index is 0.250. The van der Waals surface area contributed by atoms with Crippen LogP contribution in [0.1, 0.15) is 11.8 Å². The highest BCUT2D eigenvalue weighted by Crippen LogP contribution is 2.31. The van der Waals surface area contributed by atoms with Crippen molar-refractivity contribution >= 4 is 27.4 Å². The van der Waals surface area contributed by atoms with Gasteiger partial charge < -0.3 is 10.6 Å². The predicted molar refractivity (Wildman–Crippen MR) is 71.5 cm³/mol. The van der Waals surface area contributed by atoms with Crippen LogP contribution in [0.4, 0.5) is 5.82 Å². The molecule has 0 aliphatic carbocycles. The summed E-state index contributed by atoms with van der Waals surface area (Å²) in [6.07, 6.45) is 1.65. The van der Waals surface area contributed by atoms with Gasteiger partial charge in [-0.05, 0) is 18.9 Å². The summed E-state index contributed by atoms with van der Waals surface area (Å²) >= 11 is 1.72. The molecule has 0 aromatic carbocycles. The van der Waals surface area contributed by atoms with Gasteiger partial charge in [-0.15, -0.1) is 11.3 Å². The highest BCUT2D eigenvalue weighted by Gasteiger charge is 2.28. The number of hydrogen-bond acceptors (Lipinski definition) is 5. The summed E-state index contributed by atoms with van der Waals surface area (Å²) in [4.78, 5) is 13.4. The van der Waals surface area contributed by atoms with Gasteiger partial charge in [0, 0.05) is 24.0 Å². The molecule has 90 valence electrons. The quantitative estimate of drug-likeness (QED) is 0.836. The molecule has 1 saturated heterocycles. The Balaban J connectivity index is 2.05. The summed E-state index contributed by atoms with van der Waals surface area (Å²) in [6.45, 7) is 6.18. The minimum absolute atomic E-state index is 0.250. The molecule has 4 nitrogen and oxygen atoms in total. The number of hydrogen-bond donors (Lipinski definition) is 1. The maximum atomic E-state index is 6.07. The standard InChI is InChI=1S/C12H16N4S/c1-7-4-16(5-10(7)13)11-9-3-8(2)17-12(9)15-6-14-11/h3,6-7,10H,4-5,13H2,1-2H3. The van der Waals surface area contributed by atoms with Crippen LogP contribution in [-0.4, -0.2) is 29.1 Å². The molecule has 1 fully saturated rings. The summed E-state index contributed by atoms with van der Waals surface area (Å²) in [7, 11) is 0. The van der Waals surface area contributed by atoms with Gasteiger partial charge in [-0.2, -0.15) is 0 Å². The number of nitrogens with zero attached hydrogens (tertiary/aromatic N) is 3. The molecule has 0 amide bonds. The number of aromatic nitrogens is 2. The highest BCUT2D eigenvalue weighted by molar-refractivity contribution is 7.18. The Kier molecular flexibility index (Phi) is 2.52. The van der Waals surface area contributed by atoms with E-state index in [1.54, 1.807) is 17.7 Å². The Hall–Kier alpha value is -1.20. The van der Waals surface area contributed by atoms with Gasteiger partial charge in [0.25, 0.3) is 0 Å². The molecular weight excluding hydrogens is 232 g/mol. The second kappa shape index (κ2) is 3.92. The van der Waals surface area contributed by atoms with E-state index >= 15 is 0 Å². The molecule has 0 spiro atoms. The van der Waals surface area contributed by atoms with Gasteiger partial charge in [-0.25, -0.2) is 9.97 Å². The lowest BCUT2D eigenvalue weighted by Crippen LogP contribution is -2.28. The molecule has 1 aliphatic heterocycles. The Labute approximate surface area is 104 Å². The third-order valence-corrected chi connectivity index (χ3v) is 4.36. The maximum absolute atomic E-state index is 6.07. The van der Waals surface area contributed by atoms with Crippen molar-refractivity contribution in [3.63, 3.8) is 0 Å². The molecule has 0 radical (unpaired) electrons. The normalized spacial score (nSPS) is 24.8. The van der Waals surface area contributed by atoms with E-state index in [2.05, 4.69) is 34.8 Å². The monoisotopic (exact) mass is 248 g/mol. The van der Waals surface area contributed by atoms with Crippen LogP contribution in [-0.2, 0) is 0 Å². The smallest absolute Gasteiger partial charge is 0.140 e. The first kappa shape index (κ1) is 10.9. The van der Waals surface area contributed by atoms with Crippen LogP contribution in [0, 0.1) is 12.8 Å². The van der Waals surface area contributed by atoms with E-state index in [1.165, 1.54) is 4.88 Å². The molecule has 2 aromatic rings. The van der Waals surface area contributed by atoms with Gasteiger partial charge in [0.05, 0.1) is 5.39 Å². The van der Waals surface area contributed by atoms with E-state index in [4.69, 9.17) is 5.73 Å². The van der Waals surface area contributed by atoms with Crippen molar-refractivity contribution < 1.29 is 0 Å². The van der Waals surface area contributed by atoms with E-state index in [9.17, 15) is 0 Å². The maximum Gasteiger partial charge on any atom is 0.140 e. The fourth-order valence-electron chi connectivity index (χ4n) is 2.38. The zero-order valence-corrected chi connectivity index (χ0v) is 10.9. The van der Waals surface area contributed by atoms with Crippen molar-refractivity contribution in [2.45, 2.75) is 19.9 Å². The Morgan fingerprint density at radius 1 is 1.41 bits per heavy atom. The van der Waals surface area contributed by atoms with Crippen LogP contribution < -0.4 is 10.6 Å². The lowest BCUT2D eigenvalue weighted by molar-refractivity contribution is 0.566. The molecule has 3 rings (SSSR count). The third-order valence-electron chi connectivity index (χ3n) is 3.40. The van der Waals surface area contributed by atoms with Crippen molar-refractivity contribution in [1.29, 1.82) is 0 Å². The van der Waals surface area contributed by atoms with E-state index in [0.717, 1.165) is 29.1 Å². The third kappa shape index (κ3) is 1.79. The number of aryl methyl sites for hydroxylation is 1. The van der Waals surface area contributed by atoms with Crippen LogP contribution in [0.2, 0.25) is 0 Å². The lowest BCUT2D eigenvalue weighted by Gasteiger charge is -2.17. The number of thiophene rings is 1. The van der Waals surface area contributed by atoms with E-state index in [-0.39, 0.29) is 6.04 Å². The molecule has 2 N–H and O–H groups in total. The first-order valence-corrected chi connectivity index (χ1v) is 6.68. The molecule has 5 heteroatoms. The topological polar surface area (TPSA) is 55.0 Å². The first-order valence-electron chi connectivity index (χ1n) is 5.87. The van der Waals surface area contributed by atoms with Gasteiger partial charge in [0.1, 0.15) is 17.0 Å². The molecule has 1 aliphatic rings. The van der Waals surface area contributed by atoms with Gasteiger partial charge >= 0.3 is 0 Å². The van der Waals surface area contributed by atoms with E-state index < -0.39 is 0 Å².